The number of carbonyl (C=O) groups is 2. The second-order valence-electron chi connectivity index (χ2n) is 3.33. The number of ketones is 1. The van der Waals surface area contributed by atoms with Crippen LogP contribution in [0.1, 0.15) is 40.0 Å². The Labute approximate surface area is 79.5 Å². The number of rotatable bonds is 6. The van der Waals surface area contributed by atoms with E-state index in [2.05, 4.69) is 0 Å². The molecular weight excluding hydrogens is 168 g/mol. The maximum Gasteiger partial charge on any atom is 0.309 e. The molecule has 0 amide bonds. The van der Waals surface area contributed by atoms with Crippen LogP contribution >= 0.6 is 0 Å². The topological polar surface area (TPSA) is 43.4 Å². The molecule has 0 aliphatic rings. The van der Waals surface area contributed by atoms with Crippen LogP contribution in [-0.2, 0) is 14.3 Å². The van der Waals surface area contributed by atoms with Gasteiger partial charge in [-0.1, -0.05) is 20.3 Å². The molecule has 76 valence electrons. The van der Waals surface area contributed by atoms with E-state index in [1.807, 2.05) is 6.92 Å². The smallest absolute Gasteiger partial charge is 0.309 e. The summed E-state index contributed by atoms with van der Waals surface area (Å²) in [6.45, 7) is 5.70. The van der Waals surface area contributed by atoms with Crippen molar-refractivity contribution in [1.29, 1.82) is 0 Å². The molecular formula is C10H18O3. The highest BCUT2D eigenvalue weighted by atomic mass is 16.5. The molecule has 0 fully saturated rings. The van der Waals surface area contributed by atoms with Crippen LogP contribution < -0.4 is 0 Å². The molecule has 0 aliphatic carbocycles. The van der Waals surface area contributed by atoms with Crippen LogP contribution in [0.25, 0.3) is 0 Å². The van der Waals surface area contributed by atoms with Gasteiger partial charge in [0.05, 0.1) is 12.5 Å². The van der Waals surface area contributed by atoms with E-state index >= 15 is 0 Å². The molecule has 0 saturated carbocycles. The summed E-state index contributed by atoms with van der Waals surface area (Å²) in [6.07, 6.45) is 2.18. The monoisotopic (exact) mass is 186 g/mol. The van der Waals surface area contributed by atoms with E-state index in [4.69, 9.17) is 4.74 Å². The van der Waals surface area contributed by atoms with Gasteiger partial charge in [-0.2, -0.15) is 0 Å². The fourth-order valence-corrected chi connectivity index (χ4v) is 0.974. The van der Waals surface area contributed by atoms with Crippen LogP contribution in [0, 0.1) is 5.92 Å². The van der Waals surface area contributed by atoms with E-state index in [0.717, 1.165) is 12.8 Å². The highest BCUT2D eigenvalue weighted by Gasteiger charge is 2.15. The highest BCUT2D eigenvalue weighted by Crippen LogP contribution is 2.05. The standard InChI is InChI=1S/C10H18O3/c1-4-5-6-13-10(12)8(2)7-9(3)11/h8H,4-7H2,1-3H3/t8-/m1/s1. The predicted molar refractivity (Wildman–Crippen MR) is 50.3 cm³/mol. The average molecular weight is 186 g/mol. The van der Waals surface area contributed by atoms with Crippen LogP contribution in [0.2, 0.25) is 0 Å². The van der Waals surface area contributed by atoms with Crippen LogP contribution in [0.4, 0.5) is 0 Å². The van der Waals surface area contributed by atoms with Crippen molar-refractivity contribution in [3.8, 4) is 0 Å². The minimum Gasteiger partial charge on any atom is -0.465 e. The van der Waals surface area contributed by atoms with E-state index in [9.17, 15) is 9.59 Å². The lowest BCUT2D eigenvalue weighted by Crippen LogP contribution is -2.17. The van der Waals surface area contributed by atoms with E-state index in [-0.39, 0.29) is 24.1 Å². The van der Waals surface area contributed by atoms with Gasteiger partial charge in [-0.25, -0.2) is 0 Å². The number of ether oxygens (including phenoxy) is 1. The Kier molecular flexibility index (Phi) is 6.20. The largest absolute Gasteiger partial charge is 0.465 e. The van der Waals surface area contributed by atoms with Crippen molar-refractivity contribution in [2.24, 2.45) is 5.92 Å². The molecule has 0 saturated heterocycles. The fourth-order valence-electron chi connectivity index (χ4n) is 0.974. The number of esters is 1. The summed E-state index contributed by atoms with van der Waals surface area (Å²) in [5.41, 5.74) is 0. The van der Waals surface area contributed by atoms with Gasteiger partial charge in [0.15, 0.2) is 0 Å². The molecule has 0 spiro atoms. The van der Waals surface area contributed by atoms with Gasteiger partial charge in [-0.15, -0.1) is 0 Å². The van der Waals surface area contributed by atoms with Gasteiger partial charge in [0.25, 0.3) is 0 Å². The third-order valence-electron chi connectivity index (χ3n) is 1.74. The molecule has 0 aromatic rings. The summed E-state index contributed by atoms with van der Waals surface area (Å²) in [6, 6.07) is 0. The molecule has 0 unspecified atom stereocenters. The molecule has 0 aromatic carbocycles. The maximum absolute atomic E-state index is 11.2. The number of hydrogen-bond donors (Lipinski definition) is 0. The van der Waals surface area contributed by atoms with Crippen molar-refractivity contribution in [1.82, 2.24) is 0 Å². The molecule has 3 nitrogen and oxygen atoms in total. The number of Topliss-reactive ketones (excluding diaryl/α,β-unsaturated/α-hetero) is 1. The van der Waals surface area contributed by atoms with Gasteiger partial charge in [-0.3, -0.25) is 4.79 Å². The Morgan fingerprint density at radius 2 is 2.00 bits per heavy atom. The first kappa shape index (κ1) is 12.1. The van der Waals surface area contributed by atoms with Crippen LogP contribution in [0.15, 0.2) is 0 Å². The number of carbonyl (C=O) groups excluding carboxylic acids is 2. The Bertz CT molecular complexity index is 175. The second-order valence-corrected chi connectivity index (χ2v) is 3.33. The van der Waals surface area contributed by atoms with Gasteiger partial charge in [0.2, 0.25) is 0 Å². The van der Waals surface area contributed by atoms with E-state index in [1.54, 1.807) is 6.92 Å². The predicted octanol–water partition coefficient (Wildman–Crippen LogP) is 1.94. The van der Waals surface area contributed by atoms with Crippen molar-refractivity contribution < 1.29 is 14.3 Å². The zero-order valence-electron chi connectivity index (χ0n) is 8.63. The lowest BCUT2D eigenvalue weighted by molar-refractivity contribution is -0.149. The molecule has 0 aliphatic heterocycles. The zero-order chi connectivity index (χ0) is 10.3. The molecule has 0 heterocycles. The van der Waals surface area contributed by atoms with Gasteiger partial charge in [-0.05, 0) is 13.3 Å². The molecule has 0 bridgehead atoms. The first-order valence-electron chi connectivity index (χ1n) is 4.74. The third kappa shape index (κ3) is 6.31. The maximum atomic E-state index is 11.2. The summed E-state index contributed by atoms with van der Waals surface area (Å²) in [5, 5.41) is 0. The molecule has 0 rings (SSSR count). The lowest BCUT2D eigenvalue weighted by Gasteiger charge is -2.08. The lowest BCUT2D eigenvalue weighted by atomic mass is 10.1. The Balaban J connectivity index is 3.63. The number of hydrogen-bond acceptors (Lipinski definition) is 3. The summed E-state index contributed by atoms with van der Waals surface area (Å²) in [7, 11) is 0. The first-order chi connectivity index (χ1) is 6.07. The second kappa shape index (κ2) is 6.63. The number of unbranched alkanes of at least 4 members (excludes halogenated alkanes) is 1. The molecule has 0 radical (unpaired) electrons. The van der Waals surface area contributed by atoms with E-state index in [1.165, 1.54) is 6.92 Å². The quantitative estimate of drug-likeness (QED) is 0.470. The van der Waals surface area contributed by atoms with Crippen LogP contribution in [-0.4, -0.2) is 18.4 Å². The Morgan fingerprint density at radius 1 is 1.38 bits per heavy atom. The highest BCUT2D eigenvalue weighted by molar-refractivity contribution is 5.82. The van der Waals surface area contributed by atoms with Crippen LogP contribution in [0.5, 0.6) is 0 Å². The van der Waals surface area contributed by atoms with Gasteiger partial charge in [0.1, 0.15) is 5.78 Å². The van der Waals surface area contributed by atoms with Gasteiger partial charge in [0, 0.05) is 6.42 Å². The van der Waals surface area contributed by atoms with E-state index in [0.29, 0.717) is 6.61 Å². The minimum atomic E-state index is -0.297. The van der Waals surface area contributed by atoms with Crippen molar-refractivity contribution in [3.63, 3.8) is 0 Å². The van der Waals surface area contributed by atoms with Crippen molar-refractivity contribution >= 4 is 11.8 Å². The van der Waals surface area contributed by atoms with Crippen molar-refractivity contribution in [2.75, 3.05) is 6.61 Å². The summed E-state index contributed by atoms with van der Waals surface area (Å²) in [5.74, 6) is -0.530. The van der Waals surface area contributed by atoms with Gasteiger partial charge < -0.3 is 9.53 Å². The SMILES string of the molecule is CCCCOC(=O)[C@H](C)CC(C)=O. The Hall–Kier alpha value is -0.860. The summed E-state index contributed by atoms with van der Waals surface area (Å²) >= 11 is 0. The third-order valence-corrected chi connectivity index (χ3v) is 1.74. The summed E-state index contributed by atoms with van der Waals surface area (Å²) < 4.78 is 4.95. The molecule has 13 heavy (non-hydrogen) atoms. The average Bonchev–Trinajstić information content (AvgIpc) is 2.03. The van der Waals surface area contributed by atoms with Crippen molar-refractivity contribution in [3.05, 3.63) is 0 Å². The van der Waals surface area contributed by atoms with Crippen LogP contribution in [0.3, 0.4) is 0 Å². The van der Waals surface area contributed by atoms with Gasteiger partial charge >= 0.3 is 5.97 Å². The molecule has 3 heteroatoms. The first-order valence-corrected chi connectivity index (χ1v) is 4.74. The summed E-state index contributed by atoms with van der Waals surface area (Å²) in [4.78, 5) is 21.9. The van der Waals surface area contributed by atoms with Crippen molar-refractivity contribution in [2.45, 2.75) is 40.0 Å². The fraction of sp³-hybridized carbons (Fsp3) is 0.800. The van der Waals surface area contributed by atoms with E-state index < -0.39 is 0 Å². The molecule has 0 N–H and O–H groups in total. The Morgan fingerprint density at radius 3 is 2.46 bits per heavy atom. The molecule has 1 atom stereocenters. The zero-order valence-corrected chi connectivity index (χ0v) is 8.63. The normalized spacial score (nSPS) is 12.2. The minimum absolute atomic E-state index is 0.0277. The molecule has 0 aromatic heterocycles.